The fourth-order valence-corrected chi connectivity index (χ4v) is 9.13. The van der Waals surface area contributed by atoms with Crippen LogP contribution in [-0.2, 0) is 64.0 Å². The summed E-state index contributed by atoms with van der Waals surface area (Å²) in [6.45, 7) is 9.01. The van der Waals surface area contributed by atoms with Gasteiger partial charge < -0.3 is 44.6 Å². The van der Waals surface area contributed by atoms with Crippen LogP contribution >= 0.6 is 0 Å². The van der Waals surface area contributed by atoms with E-state index < -0.39 is 44.5 Å². The van der Waals surface area contributed by atoms with E-state index in [2.05, 4.69) is 35.5 Å². The van der Waals surface area contributed by atoms with Gasteiger partial charge in [0, 0.05) is 89.5 Å². The third kappa shape index (κ3) is 19.0. The molecule has 73 heavy (non-hydrogen) atoms. The normalized spacial score (nSPS) is 11.9. The molecule has 2 aromatic heterocycles. The van der Waals surface area contributed by atoms with E-state index in [0.29, 0.717) is 88.8 Å². The van der Waals surface area contributed by atoms with Crippen LogP contribution in [0.25, 0.3) is 22.0 Å². The van der Waals surface area contributed by atoms with Crippen LogP contribution in [0, 0.1) is 0 Å². The number of aromatic nitrogens is 4. The zero-order chi connectivity index (χ0) is 52.5. The second-order valence-corrected chi connectivity index (χ2v) is 19.6. The molecule has 0 spiro atoms. The number of hydrogen-bond acceptors (Lipinski definition) is 14. The summed E-state index contributed by atoms with van der Waals surface area (Å²) >= 11 is 0. The highest BCUT2D eigenvalue weighted by Gasteiger charge is 2.26. The van der Waals surface area contributed by atoms with E-state index in [0.717, 1.165) is 29.9 Å². The molecule has 394 valence electrons. The standard InChI is InChI=1S/C37H46N8O9S2.C13H19NO3/c1-3-53-22-23-54-21-5-17-42-55(49,50)31-11-6-27(7-12-31)28-8-13-32(14-9-28)56(51,52)43-33(36(47)48)26-40-35(46)29-10-15-34-30(24-29)25-41-45(34)19-4-16-38-37-39-18-20-44(37)2;1-2-16-10-6-9-14-13(15)17-11-12-7-4-3-5-8-12/h6-15,18,20,24-25,33,42-43H,3-5,16-17,19,21-23,26H2,1-2H3,(H,38,39)(H,40,46)(H,47,48);3-5,7-8H,2,6,9-11H2,1H3,(H,14,15). The smallest absolute Gasteiger partial charge is 0.407 e. The number of benzene rings is 4. The lowest BCUT2D eigenvalue weighted by Crippen LogP contribution is -2.48. The second kappa shape index (κ2) is 29.7. The molecule has 0 saturated carbocycles. The summed E-state index contributed by atoms with van der Waals surface area (Å²) in [5, 5.41) is 23.4. The molecule has 6 N–H and O–H groups in total. The van der Waals surface area contributed by atoms with Crippen molar-refractivity contribution in [3.8, 4) is 11.1 Å². The SMILES string of the molecule is CCOCCCNC(=O)OCc1ccccc1.CCOCCOCCCNS(=O)(=O)c1ccc(-c2ccc(S(=O)(=O)NC(CNC(=O)c3ccc4c(cnn4CCCNc4nccn4C)c3)C(=O)O)cc2)cc1. The summed E-state index contributed by atoms with van der Waals surface area (Å²) in [5.41, 5.74) is 3.30. The van der Waals surface area contributed by atoms with E-state index in [4.69, 9.17) is 18.9 Å². The number of amides is 2. The maximum Gasteiger partial charge on any atom is 0.407 e. The van der Waals surface area contributed by atoms with Gasteiger partial charge in [-0.2, -0.15) is 9.82 Å². The van der Waals surface area contributed by atoms with Crippen LogP contribution in [-0.4, -0.2) is 131 Å². The molecule has 4 aromatic carbocycles. The minimum absolute atomic E-state index is 0.0716. The van der Waals surface area contributed by atoms with Crippen molar-refractivity contribution in [1.29, 1.82) is 0 Å². The van der Waals surface area contributed by atoms with Crippen molar-refractivity contribution in [1.82, 2.24) is 39.4 Å². The van der Waals surface area contributed by atoms with Crippen molar-refractivity contribution >= 4 is 54.9 Å². The number of carboxylic acid groups (broad SMARTS) is 1. The molecular formula is C50H65N9O12S2. The summed E-state index contributed by atoms with van der Waals surface area (Å²) in [7, 11) is -6.16. The Bertz CT molecular complexity index is 2860. The molecular weight excluding hydrogens is 983 g/mol. The molecule has 0 aliphatic rings. The number of aliphatic carboxylic acids is 1. The van der Waals surface area contributed by atoms with Crippen molar-refractivity contribution in [2.24, 2.45) is 7.05 Å². The van der Waals surface area contributed by atoms with Crippen LogP contribution in [0.1, 0.15) is 49.0 Å². The van der Waals surface area contributed by atoms with Crippen molar-refractivity contribution in [2.75, 3.05) is 71.1 Å². The summed E-state index contributed by atoms with van der Waals surface area (Å²) in [4.78, 5) is 40.4. The zero-order valence-electron chi connectivity index (χ0n) is 41.2. The Labute approximate surface area is 426 Å². The van der Waals surface area contributed by atoms with Crippen LogP contribution in [0.2, 0.25) is 0 Å². The van der Waals surface area contributed by atoms with Crippen molar-refractivity contribution in [3.63, 3.8) is 0 Å². The van der Waals surface area contributed by atoms with Gasteiger partial charge in [0.2, 0.25) is 26.0 Å². The molecule has 21 nitrogen and oxygen atoms in total. The predicted octanol–water partition coefficient (Wildman–Crippen LogP) is 5.16. The van der Waals surface area contributed by atoms with Crippen LogP contribution in [0.4, 0.5) is 10.7 Å². The largest absolute Gasteiger partial charge is 0.480 e. The first-order valence-corrected chi connectivity index (χ1v) is 26.8. The van der Waals surface area contributed by atoms with Gasteiger partial charge in [-0.3, -0.25) is 14.3 Å². The lowest BCUT2D eigenvalue weighted by atomic mass is 10.1. The predicted molar refractivity (Wildman–Crippen MR) is 275 cm³/mol. The molecule has 0 fully saturated rings. The summed E-state index contributed by atoms with van der Waals surface area (Å²) in [6, 6.07) is 24.7. The van der Waals surface area contributed by atoms with Gasteiger partial charge in [-0.05, 0) is 92.3 Å². The van der Waals surface area contributed by atoms with Crippen LogP contribution < -0.4 is 25.4 Å². The molecule has 1 unspecified atom stereocenters. The fraction of sp³-hybridized carbons (Fsp3) is 0.380. The third-order valence-corrected chi connectivity index (χ3v) is 13.7. The highest BCUT2D eigenvalue weighted by Crippen LogP contribution is 2.24. The lowest BCUT2D eigenvalue weighted by molar-refractivity contribution is -0.138. The Morgan fingerprint density at radius 1 is 0.726 bits per heavy atom. The van der Waals surface area contributed by atoms with E-state index >= 15 is 0 Å². The van der Waals surface area contributed by atoms with Crippen molar-refractivity contribution in [2.45, 2.75) is 62.1 Å². The number of nitrogens with one attached hydrogen (secondary N) is 5. The van der Waals surface area contributed by atoms with E-state index in [9.17, 15) is 36.3 Å². The molecule has 0 bridgehead atoms. The summed E-state index contributed by atoms with van der Waals surface area (Å²) < 4.78 is 80.9. The average molecular weight is 1050 g/mol. The van der Waals surface area contributed by atoms with E-state index in [1.807, 2.05) is 66.7 Å². The Morgan fingerprint density at radius 2 is 1.37 bits per heavy atom. The Balaban J connectivity index is 0.000000492. The molecule has 0 aliphatic heterocycles. The second-order valence-electron chi connectivity index (χ2n) is 16.2. The van der Waals surface area contributed by atoms with E-state index in [1.54, 1.807) is 42.7 Å². The summed E-state index contributed by atoms with van der Waals surface area (Å²) in [6.07, 6.45) is 6.89. The zero-order valence-corrected chi connectivity index (χ0v) is 42.8. The van der Waals surface area contributed by atoms with Gasteiger partial charge in [-0.25, -0.2) is 31.3 Å². The number of rotatable bonds is 30. The minimum atomic E-state index is -4.32. The highest BCUT2D eigenvalue weighted by molar-refractivity contribution is 7.89. The average Bonchev–Trinajstić information content (AvgIpc) is 4.01. The Kier molecular flexibility index (Phi) is 23.3. The molecule has 2 amide bonds. The van der Waals surface area contributed by atoms with Gasteiger partial charge in [0.1, 0.15) is 12.6 Å². The first-order valence-electron chi connectivity index (χ1n) is 23.8. The van der Waals surface area contributed by atoms with Gasteiger partial charge in [0.15, 0.2) is 0 Å². The quantitative estimate of drug-likeness (QED) is 0.0318. The molecule has 6 rings (SSSR count). The molecule has 6 aromatic rings. The number of imidazole rings is 1. The monoisotopic (exact) mass is 1050 g/mol. The first kappa shape index (κ1) is 57.2. The number of sulfonamides is 2. The number of hydrogen-bond donors (Lipinski definition) is 6. The number of anilines is 1. The number of carbonyl (C=O) groups excluding carboxylic acids is 2. The molecule has 2 heterocycles. The van der Waals surface area contributed by atoms with Crippen molar-refractivity contribution < 1.29 is 55.3 Å². The van der Waals surface area contributed by atoms with E-state index in [1.165, 1.54) is 36.4 Å². The number of fused-ring (bicyclic) bond motifs is 1. The number of nitrogens with zero attached hydrogens (tertiary/aromatic N) is 4. The molecule has 0 aliphatic carbocycles. The minimum Gasteiger partial charge on any atom is -0.480 e. The maximum absolute atomic E-state index is 13.2. The van der Waals surface area contributed by atoms with Gasteiger partial charge >= 0.3 is 12.1 Å². The fourth-order valence-electron chi connectivity index (χ4n) is 6.87. The molecule has 0 radical (unpaired) electrons. The lowest BCUT2D eigenvalue weighted by Gasteiger charge is -2.16. The maximum atomic E-state index is 13.2. The number of aryl methyl sites for hydroxylation is 2. The van der Waals surface area contributed by atoms with Gasteiger partial charge in [-0.1, -0.05) is 54.6 Å². The van der Waals surface area contributed by atoms with Crippen LogP contribution in [0.15, 0.2) is 125 Å². The van der Waals surface area contributed by atoms with E-state index in [-0.39, 0.29) is 28.0 Å². The van der Waals surface area contributed by atoms with Crippen LogP contribution in [0.3, 0.4) is 0 Å². The molecule has 1 atom stereocenters. The first-order chi connectivity index (χ1) is 35.2. The van der Waals surface area contributed by atoms with Crippen molar-refractivity contribution in [3.05, 3.63) is 127 Å². The summed E-state index contributed by atoms with van der Waals surface area (Å²) in [5.74, 6) is -1.29. The number of alkyl carbamates (subject to hydrolysis) is 1. The number of carbonyl (C=O) groups is 3. The molecule has 23 heteroatoms. The highest BCUT2D eigenvalue weighted by atomic mass is 32.2. The number of ether oxygens (including phenoxy) is 4. The Morgan fingerprint density at radius 3 is 2.03 bits per heavy atom. The van der Waals surface area contributed by atoms with Gasteiger partial charge in [0.25, 0.3) is 5.91 Å². The molecule has 0 saturated heterocycles. The third-order valence-electron chi connectivity index (χ3n) is 10.8. The van der Waals surface area contributed by atoms with Gasteiger partial charge in [-0.15, -0.1) is 0 Å². The number of carboxylic acids is 1. The Hall–Kier alpha value is -6.73. The van der Waals surface area contributed by atoms with Gasteiger partial charge in [0.05, 0.1) is 34.7 Å². The topological polar surface area (TPSA) is 272 Å². The van der Waals surface area contributed by atoms with Crippen LogP contribution in [0.5, 0.6) is 0 Å².